The zero-order chi connectivity index (χ0) is 20.2. The zero-order valence-electron chi connectivity index (χ0n) is 20.2. The lowest BCUT2D eigenvalue weighted by Gasteiger charge is -2.39. The van der Waals surface area contributed by atoms with Gasteiger partial charge in [-0.25, -0.2) is 0 Å². The Balaban J connectivity index is 0. The average Bonchev–Trinajstić information content (AvgIpc) is 2.66. The van der Waals surface area contributed by atoms with Crippen molar-refractivity contribution < 1.29 is 0 Å². The predicted molar refractivity (Wildman–Crippen MR) is 141 cm³/mol. The first-order valence-electron chi connectivity index (χ1n) is 12.9. The lowest BCUT2D eigenvalue weighted by atomic mass is 9.77. The van der Waals surface area contributed by atoms with Crippen LogP contribution in [0.5, 0.6) is 0 Å². The summed E-state index contributed by atoms with van der Waals surface area (Å²) in [6.45, 7) is 9.36. The van der Waals surface area contributed by atoms with E-state index < -0.39 is 0 Å². The molecule has 0 saturated carbocycles. The van der Waals surface area contributed by atoms with Crippen LogP contribution in [-0.4, -0.2) is 5.16 Å². The summed E-state index contributed by atoms with van der Waals surface area (Å²) in [6.07, 6.45) is 28.7. The molecule has 0 aromatic carbocycles. The third-order valence-corrected chi connectivity index (χ3v) is 7.67. The Morgan fingerprint density at radius 1 is 0.500 bits per heavy atom. The second-order valence-electron chi connectivity index (χ2n) is 9.25. The Hall–Kier alpha value is 0.910. The first-order valence-corrected chi connectivity index (χ1v) is 13.5. The van der Waals surface area contributed by atoms with Gasteiger partial charge in [0.05, 0.1) is 0 Å². The molecule has 0 nitrogen and oxygen atoms in total. The van der Waals surface area contributed by atoms with Crippen molar-refractivity contribution in [3.05, 3.63) is 0 Å². The van der Waals surface area contributed by atoms with Crippen LogP contribution < -0.4 is 0 Å². The SMILES string of the molecule is Br.CCCCCCCCCC(CCCCC)C(P)(CCCCC)CCCCC. The van der Waals surface area contributed by atoms with Crippen LogP contribution in [0.4, 0.5) is 0 Å². The van der Waals surface area contributed by atoms with Crippen molar-refractivity contribution in [2.75, 3.05) is 0 Å². The highest BCUT2D eigenvalue weighted by Crippen LogP contribution is 2.43. The molecule has 0 amide bonds. The van der Waals surface area contributed by atoms with Crippen LogP contribution in [0.15, 0.2) is 0 Å². The molecule has 0 aliphatic rings. The molecular weight excluding hydrogens is 423 g/mol. The van der Waals surface area contributed by atoms with Crippen LogP contribution in [0.25, 0.3) is 0 Å². The second kappa shape index (κ2) is 22.6. The molecule has 0 radical (unpaired) electrons. The van der Waals surface area contributed by atoms with Crippen LogP contribution in [0.1, 0.15) is 156 Å². The van der Waals surface area contributed by atoms with E-state index in [1.54, 1.807) is 0 Å². The number of rotatable bonds is 21. The molecule has 2 atom stereocenters. The minimum Gasteiger partial charge on any atom is -0.131 e. The maximum atomic E-state index is 3.43. The normalized spacial score (nSPS) is 12.8. The maximum Gasteiger partial charge on any atom is -0.0122 e. The van der Waals surface area contributed by atoms with Crippen LogP contribution in [0, 0.1) is 5.92 Å². The molecule has 0 aliphatic heterocycles. The van der Waals surface area contributed by atoms with E-state index in [-0.39, 0.29) is 17.0 Å². The van der Waals surface area contributed by atoms with Crippen molar-refractivity contribution in [3.63, 3.8) is 0 Å². The van der Waals surface area contributed by atoms with Gasteiger partial charge >= 0.3 is 0 Å². The Bertz CT molecular complexity index is 282. The molecule has 0 aliphatic carbocycles. The van der Waals surface area contributed by atoms with E-state index in [1.807, 2.05) is 0 Å². The minimum atomic E-state index is 0. The van der Waals surface area contributed by atoms with Crippen molar-refractivity contribution in [2.24, 2.45) is 5.92 Å². The molecule has 0 saturated heterocycles. The standard InChI is InChI=1S/C26H55P.BrH/c1-5-9-13-14-15-16-18-22-25(21-17-10-6-2)26(27,23-19-11-7-3)24-20-12-8-4;/h25H,5-24,27H2,1-4H3;1H. The van der Waals surface area contributed by atoms with E-state index >= 15 is 0 Å². The highest BCUT2D eigenvalue weighted by atomic mass is 79.9. The molecule has 0 rings (SSSR count). The molecule has 0 fully saturated rings. The largest absolute Gasteiger partial charge is 0.131 e. The predicted octanol–water partition coefficient (Wildman–Crippen LogP) is 10.7. The van der Waals surface area contributed by atoms with Gasteiger partial charge in [0.25, 0.3) is 0 Å². The quantitative estimate of drug-likeness (QED) is 0.113. The van der Waals surface area contributed by atoms with E-state index in [1.165, 1.54) is 128 Å². The van der Waals surface area contributed by atoms with Gasteiger partial charge in [0.15, 0.2) is 0 Å². The molecular formula is C26H56BrP. The lowest BCUT2D eigenvalue weighted by Crippen LogP contribution is -2.32. The monoisotopic (exact) mass is 478 g/mol. The molecule has 0 aromatic heterocycles. The molecule has 0 N–H and O–H groups in total. The summed E-state index contributed by atoms with van der Waals surface area (Å²) >= 11 is 0. The summed E-state index contributed by atoms with van der Waals surface area (Å²) in [4.78, 5) is 0. The molecule has 0 bridgehead atoms. The molecule has 0 heterocycles. The van der Waals surface area contributed by atoms with Gasteiger partial charge in [0, 0.05) is 0 Å². The first-order chi connectivity index (χ1) is 13.1. The third-order valence-electron chi connectivity index (χ3n) is 6.62. The Kier molecular flexibility index (Phi) is 25.1. The van der Waals surface area contributed by atoms with Gasteiger partial charge in [-0.3, -0.25) is 0 Å². The number of hydrogen-bond acceptors (Lipinski definition) is 0. The summed E-state index contributed by atoms with van der Waals surface area (Å²) in [5.41, 5.74) is 0. The van der Waals surface area contributed by atoms with Gasteiger partial charge < -0.3 is 0 Å². The van der Waals surface area contributed by atoms with Gasteiger partial charge in [-0.2, -0.15) is 0 Å². The number of unbranched alkanes of at least 4 members (excludes halogenated alkanes) is 12. The van der Waals surface area contributed by atoms with E-state index in [0.717, 1.165) is 5.92 Å². The van der Waals surface area contributed by atoms with Crippen molar-refractivity contribution in [1.82, 2.24) is 0 Å². The van der Waals surface area contributed by atoms with Gasteiger partial charge in [0.2, 0.25) is 0 Å². The van der Waals surface area contributed by atoms with E-state index in [0.29, 0.717) is 5.16 Å². The van der Waals surface area contributed by atoms with E-state index in [4.69, 9.17) is 0 Å². The molecule has 172 valence electrons. The van der Waals surface area contributed by atoms with Gasteiger partial charge in [-0.15, -0.1) is 26.2 Å². The number of hydrogen-bond donors (Lipinski definition) is 0. The molecule has 28 heavy (non-hydrogen) atoms. The van der Waals surface area contributed by atoms with Crippen molar-refractivity contribution in [2.45, 2.75) is 161 Å². The van der Waals surface area contributed by atoms with Crippen LogP contribution in [-0.2, 0) is 0 Å². The topological polar surface area (TPSA) is 0 Å². The van der Waals surface area contributed by atoms with Crippen LogP contribution >= 0.6 is 26.2 Å². The highest BCUT2D eigenvalue weighted by Gasteiger charge is 2.32. The van der Waals surface area contributed by atoms with Crippen molar-refractivity contribution in [3.8, 4) is 0 Å². The Morgan fingerprint density at radius 3 is 1.29 bits per heavy atom. The second-order valence-corrected chi connectivity index (χ2v) is 10.4. The Labute approximate surface area is 193 Å². The maximum absolute atomic E-state index is 3.43. The van der Waals surface area contributed by atoms with E-state index in [2.05, 4.69) is 36.9 Å². The first kappa shape index (κ1) is 31.1. The van der Waals surface area contributed by atoms with E-state index in [9.17, 15) is 0 Å². The van der Waals surface area contributed by atoms with Crippen LogP contribution in [0.2, 0.25) is 0 Å². The minimum absolute atomic E-state index is 0. The summed E-state index contributed by atoms with van der Waals surface area (Å²) < 4.78 is 0. The third kappa shape index (κ3) is 16.7. The van der Waals surface area contributed by atoms with Gasteiger partial charge in [0.1, 0.15) is 0 Å². The average molecular weight is 480 g/mol. The molecule has 0 aromatic rings. The van der Waals surface area contributed by atoms with Gasteiger partial charge in [-0.05, 0) is 36.8 Å². The summed E-state index contributed by atoms with van der Waals surface area (Å²) in [5, 5.41) is 0.528. The zero-order valence-corrected chi connectivity index (χ0v) is 23.1. The molecule has 0 spiro atoms. The lowest BCUT2D eigenvalue weighted by molar-refractivity contribution is 0.271. The molecule has 2 unspecified atom stereocenters. The van der Waals surface area contributed by atoms with Crippen LogP contribution in [0.3, 0.4) is 0 Å². The summed E-state index contributed by atoms with van der Waals surface area (Å²) in [6, 6.07) is 0. The fraction of sp³-hybridized carbons (Fsp3) is 1.00. The van der Waals surface area contributed by atoms with Crippen molar-refractivity contribution in [1.29, 1.82) is 0 Å². The number of halogens is 1. The van der Waals surface area contributed by atoms with Crippen molar-refractivity contribution >= 4 is 26.2 Å². The smallest absolute Gasteiger partial charge is 0.0122 e. The fourth-order valence-electron chi connectivity index (χ4n) is 4.65. The Morgan fingerprint density at radius 2 is 0.821 bits per heavy atom. The summed E-state index contributed by atoms with van der Waals surface area (Å²) in [7, 11) is 3.43. The molecule has 2 heteroatoms. The van der Waals surface area contributed by atoms with Gasteiger partial charge in [-0.1, -0.05) is 130 Å². The highest BCUT2D eigenvalue weighted by molar-refractivity contribution is 8.93. The fourth-order valence-corrected chi connectivity index (χ4v) is 5.39. The summed E-state index contributed by atoms with van der Waals surface area (Å²) in [5.74, 6) is 0.943.